The van der Waals surface area contributed by atoms with E-state index in [4.69, 9.17) is 0 Å². The number of amides is 1. The Kier molecular flexibility index (Phi) is 5.68. The Bertz CT molecular complexity index is 764. The van der Waals surface area contributed by atoms with Gasteiger partial charge in [-0.15, -0.1) is 0 Å². The summed E-state index contributed by atoms with van der Waals surface area (Å²) in [6.45, 7) is 5.10. The van der Waals surface area contributed by atoms with Gasteiger partial charge in [0.2, 0.25) is 5.91 Å². The van der Waals surface area contributed by atoms with E-state index < -0.39 is 0 Å². The van der Waals surface area contributed by atoms with Crippen LogP contribution >= 0.6 is 0 Å². The summed E-state index contributed by atoms with van der Waals surface area (Å²) in [4.78, 5) is 21.5. The molecule has 142 valence electrons. The van der Waals surface area contributed by atoms with Gasteiger partial charge in [0.25, 0.3) is 0 Å². The Morgan fingerprint density at radius 1 is 1.11 bits per heavy atom. The van der Waals surface area contributed by atoms with Gasteiger partial charge in [-0.2, -0.15) is 0 Å². The fourth-order valence-electron chi connectivity index (χ4n) is 4.19. The molecule has 27 heavy (non-hydrogen) atoms. The Morgan fingerprint density at radius 2 is 1.96 bits per heavy atom. The van der Waals surface area contributed by atoms with Crippen molar-refractivity contribution in [3.8, 4) is 0 Å². The maximum Gasteiger partial charge on any atom is 0.234 e. The molecule has 4 rings (SSSR count). The molecule has 2 aliphatic rings. The van der Waals surface area contributed by atoms with Crippen LogP contribution in [0.15, 0.2) is 48.7 Å². The van der Waals surface area contributed by atoms with Crippen LogP contribution in [0.1, 0.15) is 24.0 Å². The van der Waals surface area contributed by atoms with Crippen LogP contribution in [0.5, 0.6) is 0 Å². The van der Waals surface area contributed by atoms with Crippen LogP contribution in [0.3, 0.4) is 0 Å². The molecule has 0 spiro atoms. The van der Waals surface area contributed by atoms with Crippen LogP contribution in [0.25, 0.3) is 0 Å². The minimum absolute atomic E-state index is 0.143. The smallest absolute Gasteiger partial charge is 0.234 e. The van der Waals surface area contributed by atoms with Crippen molar-refractivity contribution in [1.29, 1.82) is 0 Å². The van der Waals surface area contributed by atoms with Gasteiger partial charge in [-0.25, -0.2) is 4.98 Å². The first-order valence-electron chi connectivity index (χ1n) is 10.00. The van der Waals surface area contributed by atoms with Crippen LogP contribution < -0.4 is 10.2 Å². The molecule has 0 bridgehead atoms. The molecule has 1 unspecified atom stereocenters. The molecule has 1 amide bonds. The molecule has 0 aliphatic carbocycles. The molecular weight excluding hydrogens is 336 g/mol. The third kappa shape index (κ3) is 4.66. The van der Waals surface area contributed by atoms with Gasteiger partial charge in [-0.3, -0.25) is 9.69 Å². The first-order chi connectivity index (χ1) is 13.3. The second kappa shape index (κ2) is 8.53. The zero-order chi connectivity index (χ0) is 18.5. The van der Waals surface area contributed by atoms with Crippen LogP contribution in [0.4, 0.5) is 5.82 Å². The third-order valence-electron chi connectivity index (χ3n) is 5.66. The lowest BCUT2D eigenvalue weighted by molar-refractivity contribution is -0.122. The first kappa shape index (κ1) is 18.0. The van der Waals surface area contributed by atoms with E-state index in [0.717, 1.165) is 51.4 Å². The van der Waals surface area contributed by atoms with Gasteiger partial charge in [0, 0.05) is 38.9 Å². The zero-order valence-electron chi connectivity index (χ0n) is 15.8. The van der Waals surface area contributed by atoms with Gasteiger partial charge in [-0.05, 0) is 48.4 Å². The number of rotatable bonds is 5. The number of hydrogen-bond donors (Lipinski definition) is 1. The largest absolute Gasteiger partial charge is 0.356 e. The zero-order valence-corrected chi connectivity index (χ0v) is 15.8. The standard InChI is InChI=1S/C22H28N4O/c27-22(17-25-13-10-19-7-1-2-8-20(19)16-25)24-14-18-6-5-12-26(15-18)21-9-3-4-11-23-21/h1-4,7-9,11,18H,5-6,10,12-17H2,(H,24,27). The van der Waals surface area contributed by atoms with Crippen molar-refractivity contribution >= 4 is 11.7 Å². The van der Waals surface area contributed by atoms with E-state index in [2.05, 4.69) is 50.4 Å². The Balaban J connectivity index is 1.24. The molecule has 5 nitrogen and oxygen atoms in total. The van der Waals surface area contributed by atoms with E-state index in [1.54, 1.807) is 0 Å². The van der Waals surface area contributed by atoms with Gasteiger partial charge in [0.15, 0.2) is 0 Å². The Hall–Kier alpha value is -2.40. The van der Waals surface area contributed by atoms with Gasteiger partial charge >= 0.3 is 0 Å². The number of anilines is 1. The molecule has 2 aliphatic heterocycles. The summed E-state index contributed by atoms with van der Waals surface area (Å²) in [6.07, 6.45) is 5.20. The summed E-state index contributed by atoms with van der Waals surface area (Å²) in [6, 6.07) is 14.6. The molecule has 1 N–H and O–H groups in total. The van der Waals surface area contributed by atoms with E-state index in [-0.39, 0.29) is 5.91 Å². The fourth-order valence-corrected chi connectivity index (χ4v) is 4.19. The number of carbonyl (C=O) groups is 1. The highest BCUT2D eigenvalue weighted by molar-refractivity contribution is 5.78. The highest BCUT2D eigenvalue weighted by Gasteiger charge is 2.22. The molecule has 5 heteroatoms. The maximum absolute atomic E-state index is 12.4. The van der Waals surface area contributed by atoms with Gasteiger partial charge in [0.05, 0.1) is 6.54 Å². The average Bonchev–Trinajstić information content (AvgIpc) is 2.73. The molecule has 1 aromatic carbocycles. The monoisotopic (exact) mass is 364 g/mol. The molecule has 1 fully saturated rings. The van der Waals surface area contributed by atoms with Crippen molar-refractivity contribution in [2.75, 3.05) is 37.6 Å². The summed E-state index contributed by atoms with van der Waals surface area (Å²) in [7, 11) is 0. The molecular formula is C22H28N4O. The number of carbonyl (C=O) groups excluding carboxylic acids is 1. The Morgan fingerprint density at radius 3 is 2.81 bits per heavy atom. The number of nitrogens with zero attached hydrogens (tertiary/aromatic N) is 3. The molecule has 0 saturated carbocycles. The van der Waals surface area contributed by atoms with Crippen molar-refractivity contribution in [3.05, 3.63) is 59.8 Å². The minimum atomic E-state index is 0.143. The molecule has 1 aromatic heterocycles. The Labute approximate surface area is 161 Å². The van der Waals surface area contributed by atoms with E-state index in [1.165, 1.54) is 17.5 Å². The third-order valence-corrected chi connectivity index (χ3v) is 5.66. The van der Waals surface area contributed by atoms with E-state index in [9.17, 15) is 4.79 Å². The van der Waals surface area contributed by atoms with Crippen molar-refractivity contribution in [1.82, 2.24) is 15.2 Å². The lowest BCUT2D eigenvalue weighted by Gasteiger charge is -2.34. The highest BCUT2D eigenvalue weighted by Crippen LogP contribution is 2.21. The molecule has 3 heterocycles. The van der Waals surface area contributed by atoms with Crippen molar-refractivity contribution < 1.29 is 4.79 Å². The summed E-state index contributed by atoms with van der Waals surface area (Å²) in [5.74, 6) is 1.68. The molecule has 1 saturated heterocycles. The van der Waals surface area contributed by atoms with E-state index in [0.29, 0.717) is 12.5 Å². The second-order valence-electron chi connectivity index (χ2n) is 7.68. The molecule has 1 atom stereocenters. The van der Waals surface area contributed by atoms with Crippen LogP contribution in [0, 0.1) is 5.92 Å². The van der Waals surface area contributed by atoms with Gasteiger partial charge in [0.1, 0.15) is 5.82 Å². The number of aromatic nitrogens is 1. The number of nitrogens with one attached hydrogen (secondary N) is 1. The molecule has 0 radical (unpaired) electrons. The summed E-state index contributed by atoms with van der Waals surface area (Å²) in [5, 5.41) is 3.17. The maximum atomic E-state index is 12.4. The summed E-state index contributed by atoms with van der Waals surface area (Å²) >= 11 is 0. The predicted octanol–water partition coefficient (Wildman–Crippen LogP) is 2.47. The number of pyridine rings is 1. The predicted molar refractivity (Wildman–Crippen MR) is 108 cm³/mol. The highest BCUT2D eigenvalue weighted by atomic mass is 16.2. The van der Waals surface area contributed by atoms with E-state index >= 15 is 0 Å². The van der Waals surface area contributed by atoms with Crippen LogP contribution in [-0.2, 0) is 17.8 Å². The van der Waals surface area contributed by atoms with Gasteiger partial charge < -0.3 is 10.2 Å². The SMILES string of the molecule is O=C(CN1CCc2ccccc2C1)NCC1CCCN(c2ccccn2)C1. The lowest BCUT2D eigenvalue weighted by atomic mass is 9.98. The number of piperidine rings is 1. The number of fused-ring (bicyclic) bond motifs is 1. The van der Waals surface area contributed by atoms with Crippen molar-refractivity contribution in [2.45, 2.75) is 25.8 Å². The summed E-state index contributed by atoms with van der Waals surface area (Å²) in [5.41, 5.74) is 2.78. The van der Waals surface area contributed by atoms with E-state index in [1.807, 2.05) is 18.3 Å². The van der Waals surface area contributed by atoms with Crippen LogP contribution in [-0.4, -0.2) is 48.5 Å². The normalized spacial score (nSPS) is 20.1. The fraction of sp³-hybridized carbons (Fsp3) is 0.455. The van der Waals surface area contributed by atoms with Crippen molar-refractivity contribution in [3.63, 3.8) is 0 Å². The number of hydrogen-bond acceptors (Lipinski definition) is 4. The lowest BCUT2D eigenvalue weighted by Crippen LogP contribution is -2.44. The van der Waals surface area contributed by atoms with Gasteiger partial charge in [-0.1, -0.05) is 30.3 Å². The molecule has 2 aromatic rings. The quantitative estimate of drug-likeness (QED) is 0.885. The second-order valence-corrected chi connectivity index (χ2v) is 7.68. The van der Waals surface area contributed by atoms with Crippen LogP contribution in [0.2, 0.25) is 0 Å². The summed E-state index contributed by atoms with van der Waals surface area (Å²) < 4.78 is 0. The minimum Gasteiger partial charge on any atom is -0.356 e. The topological polar surface area (TPSA) is 48.5 Å². The first-order valence-corrected chi connectivity index (χ1v) is 10.00. The average molecular weight is 364 g/mol. The number of benzene rings is 1. The van der Waals surface area contributed by atoms with Crippen molar-refractivity contribution in [2.24, 2.45) is 5.92 Å².